The minimum atomic E-state index is -1.30. The van der Waals surface area contributed by atoms with Crippen molar-refractivity contribution < 1.29 is 23.9 Å². The van der Waals surface area contributed by atoms with Crippen LogP contribution in [0.3, 0.4) is 0 Å². The number of hydrogen-bond donors (Lipinski definition) is 2. The summed E-state index contributed by atoms with van der Waals surface area (Å²) >= 11 is 7.37. The summed E-state index contributed by atoms with van der Waals surface area (Å²) in [5, 5.41) is 16.0. The molecule has 1 heterocycles. The van der Waals surface area contributed by atoms with Crippen LogP contribution in [0.5, 0.6) is 5.75 Å². The molecule has 2 aromatic carbocycles. The van der Waals surface area contributed by atoms with E-state index in [0.29, 0.717) is 23.6 Å². The third-order valence-corrected chi connectivity index (χ3v) is 6.93. The molecule has 188 valence electrons. The molecule has 1 aliphatic rings. The standard InChI is InChI=1S/C26H26ClN3O5S/c1-4-15-8-6-7-9-19(15)29-21(31)14-36-25-17(13-28)22(23(24(32)30-25)26(33)34-3)16-10-11-20(35-5-2)18(27)12-16/h6-12,22-23H,4-5,14H2,1-3H3,(H,29,31)(H,30,32)/t22-,23+/m0/s1. The van der Waals surface area contributed by atoms with E-state index >= 15 is 0 Å². The fourth-order valence-electron chi connectivity index (χ4n) is 3.94. The van der Waals surface area contributed by atoms with E-state index < -0.39 is 23.7 Å². The predicted octanol–water partition coefficient (Wildman–Crippen LogP) is 4.41. The van der Waals surface area contributed by atoms with Gasteiger partial charge in [-0.2, -0.15) is 5.26 Å². The summed E-state index contributed by atoms with van der Waals surface area (Å²) in [5.41, 5.74) is 2.31. The van der Waals surface area contributed by atoms with Crippen molar-refractivity contribution in [2.45, 2.75) is 26.2 Å². The molecular weight excluding hydrogens is 502 g/mol. The number of allylic oxidation sites excluding steroid dienone is 1. The summed E-state index contributed by atoms with van der Waals surface area (Å²) in [6, 6.07) is 14.4. The van der Waals surface area contributed by atoms with Crippen LogP contribution < -0.4 is 15.4 Å². The molecule has 2 atom stereocenters. The summed E-state index contributed by atoms with van der Waals surface area (Å²) in [6.45, 7) is 4.22. The predicted molar refractivity (Wildman–Crippen MR) is 139 cm³/mol. The molecule has 8 nitrogen and oxygen atoms in total. The van der Waals surface area contributed by atoms with Gasteiger partial charge in [-0.15, -0.1) is 0 Å². The Labute approximate surface area is 219 Å². The number of aryl methyl sites for hydroxylation is 1. The molecule has 0 spiro atoms. The number of thioether (sulfide) groups is 1. The summed E-state index contributed by atoms with van der Waals surface area (Å²) in [4.78, 5) is 38.2. The normalized spacial score (nSPS) is 17.1. The minimum absolute atomic E-state index is 0.0571. The summed E-state index contributed by atoms with van der Waals surface area (Å²) in [7, 11) is 1.18. The molecule has 0 aromatic heterocycles. The molecular formula is C26H26ClN3O5S. The van der Waals surface area contributed by atoms with Gasteiger partial charge >= 0.3 is 5.97 Å². The van der Waals surface area contributed by atoms with Gasteiger partial charge in [-0.05, 0) is 42.7 Å². The molecule has 2 amide bonds. The van der Waals surface area contributed by atoms with Crippen molar-refractivity contribution in [3.8, 4) is 11.8 Å². The molecule has 2 N–H and O–H groups in total. The highest BCUT2D eigenvalue weighted by Crippen LogP contribution is 2.42. The quantitative estimate of drug-likeness (QED) is 0.366. The Morgan fingerprint density at radius 2 is 1.97 bits per heavy atom. The number of halogens is 1. The number of esters is 1. The largest absolute Gasteiger partial charge is 0.492 e. The Balaban J connectivity index is 1.93. The van der Waals surface area contributed by atoms with E-state index in [-0.39, 0.29) is 27.3 Å². The third kappa shape index (κ3) is 6.01. The second-order valence-corrected chi connectivity index (χ2v) is 9.19. The number of methoxy groups -OCH3 is 1. The molecule has 0 unspecified atom stereocenters. The molecule has 10 heteroatoms. The first-order valence-corrected chi connectivity index (χ1v) is 12.7. The minimum Gasteiger partial charge on any atom is -0.492 e. The number of rotatable bonds is 9. The number of anilines is 1. The Morgan fingerprint density at radius 3 is 2.61 bits per heavy atom. The first kappa shape index (κ1) is 27.1. The van der Waals surface area contributed by atoms with Gasteiger partial charge in [0.15, 0.2) is 0 Å². The number of carbonyl (C=O) groups is 3. The molecule has 0 radical (unpaired) electrons. The van der Waals surface area contributed by atoms with Crippen LogP contribution in [0.15, 0.2) is 53.1 Å². The molecule has 1 aliphatic heterocycles. The van der Waals surface area contributed by atoms with Crippen molar-refractivity contribution in [2.24, 2.45) is 5.92 Å². The maximum Gasteiger partial charge on any atom is 0.319 e. The van der Waals surface area contributed by atoms with Crippen LogP contribution in [0.1, 0.15) is 30.9 Å². The van der Waals surface area contributed by atoms with E-state index in [1.54, 1.807) is 18.2 Å². The second kappa shape index (κ2) is 12.5. The van der Waals surface area contributed by atoms with Crippen LogP contribution in [-0.4, -0.2) is 37.3 Å². The van der Waals surface area contributed by atoms with Gasteiger partial charge in [0.25, 0.3) is 0 Å². The monoisotopic (exact) mass is 527 g/mol. The number of nitriles is 1. The van der Waals surface area contributed by atoms with Gasteiger partial charge in [-0.25, -0.2) is 0 Å². The van der Waals surface area contributed by atoms with Gasteiger partial charge in [0.1, 0.15) is 11.7 Å². The SMILES string of the molecule is CCOc1ccc([C@H]2C(C#N)=C(SCC(=O)Nc3ccccc3CC)NC(=O)[C@@H]2C(=O)OC)cc1Cl. The van der Waals surface area contributed by atoms with Crippen molar-refractivity contribution >= 4 is 46.8 Å². The van der Waals surface area contributed by atoms with Gasteiger partial charge in [0.2, 0.25) is 11.8 Å². The zero-order valence-corrected chi connectivity index (χ0v) is 21.7. The smallest absolute Gasteiger partial charge is 0.319 e. The number of ether oxygens (including phenoxy) is 2. The number of para-hydroxylation sites is 1. The summed E-state index contributed by atoms with van der Waals surface area (Å²) < 4.78 is 10.3. The summed E-state index contributed by atoms with van der Waals surface area (Å²) in [5.74, 6) is -3.57. The zero-order valence-electron chi connectivity index (χ0n) is 20.1. The van der Waals surface area contributed by atoms with Crippen molar-refractivity contribution in [3.63, 3.8) is 0 Å². The van der Waals surface area contributed by atoms with Gasteiger partial charge in [-0.1, -0.05) is 54.6 Å². The lowest BCUT2D eigenvalue weighted by Crippen LogP contribution is -2.44. The molecule has 36 heavy (non-hydrogen) atoms. The number of nitrogens with zero attached hydrogens (tertiary/aromatic N) is 1. The summed E-state index contributed by atoms with van der Waals surface area (Å²) in [6.07, 6.45) is 0.755. The van der Waals surface area contributed by atoms with Crippen LogP contribution in [0.4, 0.5) is 5.69 Å². The van der Waals surface area contributed by atoms with Crippen LogP contribution >= 0.6 is 23.4 Å². The van der Waals surface area contributed by atoms with Crippen LogP contribution in [0, 0.1) is 17.2 Å². The lowest BCUT2D eigenvalue weighted by molar-refractivity contribution is -0.150. The molecule has 3 rings (SSSR count). The Bertz CT molecular complexity index is 1240. The maximum atomic E-state index is 13.0. The first-order chi connectivity index (χ1) is 17.3. The number of carbonyl (C=O) groups excluding carboxylic acids is 3. The highest BCUT2D eigenvalue weighted by molar-refractivity contribution is 8.03. The third-order valence-electron chi connectivity index (χ3n) is 5.62. The molecule has 0 fully saturated rings. The Kier molecular flexibility index (Phi) is 9.39. The van der Waals surface area contributed by atoms with Crippen LogP contribution in [0.25, 0.3) is 0 Å². The average Bonchev–Trinajstić information content (AvgIpc) is 2.88. The van der Waals surface area contributed by atoms with E-state index in [1.807, 2.05) is 38.1 Å². The zero-order chi connectivity index (χ0) is 26.2. The number of benzene rings is 2. The fourth-order valence-corrected chi connectivity index (χ4v) is 5.03. The topological polar surface area (TPSA) is 118 Å². The molecule has 2 aromatic rings. The Morgan fingerprint density at radius 1 is 1.22 bits per heavy atom. The van der Waals surface area contributed by atoms with E-state index in [4.69, 9.17) is 21.1 Å². The van der Waals surface area contributed by atoms with Crippen molar-refractivity contribution in [3.05, 3.63) is 69.2 Å². The van der Waals surface area contributed by atoms with E-state index in [1.165, 1.54) is 7.11 Å². The molecule has 0 bridgehead atoms. The van der Waals surface area contributed by atoms with Crippen molar-refractivity contribution in [1.29, 1.82) is 5.26 Å². The van der Waals surface area contributed by atoms with E-state index in [0.717, 1.165) is 23.7 Å². The van der Waals surface area contributed by atoms with Gasteiger partial charge in [0, 0.05) is 11.6 Å². The number of nitrogens with one attached hydrogen (secondary N) is 2. The van der Waals surface area contributed by atoms with Crippen molar-refractivity contribution in [2.75, 3.05) is 24.8 Å². The fraction of sp³-hybridized carbons (Fsp3) is 0.308. The van der Waals surface area contributed by atoms with Crippen LogP contribution in [-0.2, 0) is 25.5 Å². The lowest BCUT2D eigenvalue weighted by Gasteiger charge is -2.31. The van der Waals surface area contributed by atoms with Gasteiger partial charge in [0.05, 0.1) is 41.2 Å². The molecule has 0 saturated heterocycles. The number of hydrogen-bond acceptors (Lipinski definition) is 7. The number of amides is 2. The van der Waals surface area contributed by atoms with Crippen molar-refractivity contribution in [1.82, 2.24) is 5.32 Å². The first-order valence-electron chi connectivity index (χ1n) is 11.3. The van der Waals surface area contributed by atoms with Gasteiger partial charge < -0.3 is 20.1 Å². The highest BCUT2D eigenvalue weighted by Gasteiger charge is 2.44. The maximum absolute atomic E-state index is 13.0. The second-order valence-electron chi connectivity index (χ2n) is 7.79. The van der Waals surface area contributed by atoms with E-state index in [2.05, 4.69) is 16.7 Å². The molecule has 0 saturated carbocycles. The molecule has 0 aliphatic carbocycles. The van der Waals surface area contributed by atoms with Gasteiger partial charge in [-0.3, -0.25) is 14.4 Å². The Hall–Kier alpha value is -3.48. The lowest BCUT2D eigenvalue weighted by atomic mass is 9.78. The average molecular weight is 528 g/mol. The highest BCUT2D eigenvalue weighted by atomic mass is 35.5. The van der Waals surface area contributed by atoms with Crippen LogP contribution in [0.2, 0.25) is 5.02 Å². The van der Waals surface area contributed by atoms with E-state index in [9.17, 15) is 19.6 Å².